The molecule has 0 amide bonds. The minimum absolute atomic E-state index is 0.476. The summed E-state index contributed by atoms with van der Waals surface area (Å²) in [6, 6.07) is 17.7. The number of piperazine rings is 1. The number of aryl methyl sites for hydroxylation is 1. The van der Waals surface area contributed by atoms with E-state index in [0.29, 0.717) is 12.0 Å². The molecule has 4 nitrogen and oxygen atoms in total. The van der Waals surface area contributed by atoms with Crippen LogP contribution in [-0.2, 0) is 6.42 Å². The van der Waals surface area contributed by atoms with Crippen molar-refractivity contribution in [3.8, 4) is 11.5 Å². The van der Waals surface area contributed by atoms with Crippen LogP contribution in [0.4, 0.5) is 0 Å². The molecular weight excluding hydrogens is 348 g/mol. The molecule has 0 aliphatic carbocycles. The van der Waals surface area contributed by atoms with Gasteiger partial charge in [-0.1, -0.05) is 43.3 Å². The number of nitrogens with zero attached hydrogens (tertiary/aromatic N) is 1. The van der Waals surface area contributed by atoms with Gasteiger partial charge in [-0.3, -0.25) is 4.90 Å². The topological polar surface area (TPSA) is 33.7 Å². The van der Waals surface area contributed by atoms with Crippen LogP contribution >= 0.6 is 0 Å². The fourth-order valence-electron chi connectivity index (χ4n) is 4.39. The first-order valence-electron chi connectivity index (χ1n) is 10.5. The predicted molar refractivity (Wildman–Crippen MR) is 116 cm³/mol. The van der Waals surface area contributed by atoms with Crippen LogP contribution in [0, 0.1) is 0 Å². The third-order valence-electron chi connectivity index (χ3n) is 5.89. The molecule has 1 aliphatic rings. The van der Waals surface area contributed by atoms with Crippen molar-refractivity contribution in [2.75, 3.05) is 40.4 Å². The Morgan fingerprint density at radius 2 is 1.86 bits per heavy atom. The lowest BCUT2D eigenvalue weighted by Gasteiger charge is -2.41. The Labute approximate surface area is 169 Å². The molecule has 1 aliphatic heterocycles. The Kier molecular flexibility index (Phi) is 7.75. The van der Waals surface area contributed by atoms with Crippen LogP contribution in [0.5, 0.6) is 11.5 Å². The molecule has 0 saturated carbocycles. The maximum atomic E-state index is 5.55. The molecule has 0 bridgehead atoms. The van der Waals surface area contributed by atoms with Gasteiger partial charge >= 0.3 is 0 Å². The zero-order valence-corrected chi connectivity index (χ0v) is 17.5. The summed E-state index contributed by atoms with van der Waals surface area (Å²) in [5.41, 5.74) is 2.77. The number of hydrogen-bond donors (Lipinski definition) is 1. The van der Waals surface area contributed by atoms with Crippen molar-refractivity contribution in [2.45, 2.75) is 38.1 Å². The van der Waals surface area contributed by atoms with Crippen molar-refractivity contribution in [3.63, 3.8) is 0 Å². The second-order valence-electron chi connectivity index (χ2n) is 7.53. The maximum absolute atomic E-state index is 5.55. The van der Waals surface area contributed by atoms with Gasteiger partial charge in [0, 0.05) is 31.6 Å². The van der Waals surface area contributed by atoms with E-state index >= 15 is 0 Å². The normalized spacial score (nSPS) is 18.6. The Hall–Kier alpha value is -2.04. The molecule has 2 aromatic rings. The van der Waals surface area contributed by atoms with Crippen molar-refractivity contribution in [2.24, 2.45) is 0 Å². The van der Waals surface area contributed by atoms with Gasteiger partial charge in [0.15, 0.2) is 11.5 Å². The minimum Gasteiger partial charge on any atom is -0.493 e. The molecule has 3 rings (SSSR count). The zero-order chi connectivity index (χ0) is 19.8. The van der Waals surface area contributed by atoms with Crippen LogP contribution in [0.15, 0.2) is 48.5 Å². The molecule has 2 atom stereocenters. The predicted octanol–water partition coefficient (Wildman–Crippen LogP) is 4.10. The van der Waals surface area contributed by atoms with E-state index in [4.69, 9.17) is 9.47 Å². The molecule has 1 heterocycles. The lowest BCUT2D eigenvalue weighted by atomic mass is 9.86. The number of ether oxygens (including phenoxy) is 2. The average Bonchev–Trinajstić information content (AvgIpc) is 2.76. The molecule has 4 heteroatoms. The second kappa shape index (κ2) is 10.5. The fourth-order valence-corrected chi connectivity index (χ4v) is 4.39. The van der Waals surface area contributed by atoms with E-state index in [-0.39, 0.29) is 0 Å². The van der Waals surface area contributed by atoms with Crippen LogP contribution in [-0.4, -0.2) is 51.3 Å². The minimum atomic E-state index is 0.476. The van der Waals surface area contributed by atoms with Crippen molar-refractivity contribution < 1.29 is 9.47 Å². The monoisotopic (exact) mass is 382 g/mol. The van der Waals surface area contributed by atoms with Gasteiger partial charge in [-0.05, 0) is 49.1 Å². The second-order valence-corrected chi connectivity index (χ2v) is 7.53. The van der Waals surface area contributed by atoms with Gasteiger partial charge < -0.3 is 14.8 Å². The summed E-state index contributed by atoms with van der Waals surface area (Å²) in [5, 5.41) is 3.61. The van der Waals surface area contributed by atoms with Gasteiger partial charge in [0.2, 0.25) is 0 Å². The highest BCUT2D eigenvalue weighted by Gasteiger charge is 2.30. The Balaban J connectivity index is 1.70. The van der Waals surface area contributed by atoms with Gasteiger partial charge in [-0.15, -0.1) is 0 Å². The van der Waals surface area contributed by atoms with Crippen molar-refractivity contribution in [3.05, 3.63) is 59.7 Å². The Morgan fingerprint density at radius 1 is 1.07 bits per heavy atom. The first-order chi connectivity index (χ1) is 13.8. The van der Waals surface area contributed by atoms with Gasteiger partial charge in [0.05, 0.1) is 14.2 Å². The molecule has 1 N–H and O–H groups in total. The molecule has 0 spiro atoms. The van der Waals surface area contributed by atoms with E-state index in [9.17, 15) is 0 Å². The SMILES string of the molecule is CCC(c1ccc(OC)c(OC)c1)C1CNCCN1CCCc1ccccc1. The summed E-state index contributed by atoms with van der Waals surface area (Å²) in [4.78, 5) is 2.68. The smallest absolute Gasteiger partial charge is 0.160 e. The van der Waals surface area contributed by atoms with E-state index in [1.165, 1.54) is 17.5 Å². The lowest BCUT2D eigenvalue weighted by Crippen LogP contribution is -2.54. The fraction of sp³-hybridized carbons (Fsp3) is 0.500. The van der Waals surface area contributed by atoms with E-state index in [1.807, 2.05) is 6.07 Å². The standard InChI is InChI=1S/C24H34N2O2/c1-4-21(20-12-13-23(27-2)24(17-20)28-3)22-18-25-14-16-26(22)15-8-11-19-9-6-5-7-10-19/h5-7,9-10,12-13,17,21-22,25H,4,8,11,14-16,18H2,1-3H3. The summed E-state index contributed by atoms with van der Waals surface area (Å²) in [7, 11) is 3.40. The quantitative estimate of drug-likeness (QED) is 0.708. The molecule has 2 unspecified atom stereocenters. The average molecular weight is 383 g/mol. The molecule has 28 heavy (non-hydrogen) atoms. The van der Waals surface area contributed by atoms with Gasteiger partial charge in [0.25, 0.3) is 0 Å². The molecule has 1 saturated heterocycles. The molecule has 2 aromatic carbocycles. The summed E-state index contributed by atoms with van der Waals surface area (Å²) >= 11 is 0. The zero-order valence-electron chi connectivity index (χ0n) is 17.5. The van der Waals surface area contributed by atoms with Crippen LogP contribution < -0.4 is 14.8 Å². The van der Waals surface area contributed by atoms with E-state index in [2.05, 4.69) is 59.6 Å². The first-order valence-corrected chi connectivity index (χ1v) is 10.5. The highest BCUT2D eigenvalue weighted by atomic mass is 16.5. The van der Waals surface area contributed by atoms with Crippen LogP contribution in [0.2, 0.25) is 0 Å². The highest BCUT2D eigenvalue weighted by molar-refractivity contribution is 5.44. The van der Waals surface area contributed by atoms with Crippen LogP contribution in [0.1, 0.15) is 36.8 Å². The largest absolute Gasteiger partial charge is 0.493 e. The van der Waals surface area contributed by atoms with Gasteiger partial charge in [-0.2, -0.15) is 0 Å². The molecule has 1 fully saturated rings. The molecule has 0 radical (unpaired) electrons. The van der Waals surface area contributed by atoms with Crippen LogP contribution in [0.25, 0.3) is 0 Å². The van der Waals surface area contributed by atoms with E-state index in [1.54, 1.807) is 14.2 Å². The summed E-state index contributed by atoms with van der Waals surface area (Å²) < 4.78 is 11.0. The van der Waals surface area contributed by atoms with Crippen molar-refractivity contribution >= 4 is 0 Å². The van der Waals surface area contributed by atoms with Crippen LogP contribution in [0.3, 0.4) is 0 Å². The molecule has 152 valence electrons. The number of nitrogens with one attached hydrogen (secondary N) is 1. The third kappa shape index (κ3) is 5.06. The lowest BCUT2D eigenvalue weighted by molar-refractivity contribution is 0.134. The van der Waals surface area contributed by atoms with E-state index < -0.39 is 0 Å². The highest BCUT2D eigenvalue weighted by Crippen LogP contribution is 2.34. The number of methoxy groups -OCH3 is 2. The van der Waals surface area contributed by atoms with Gasteiger partial charge in [-0.25, -0.2) is 0 Å². The number of benzene rings is 2. The number of rotatable bonds is 9. The van der Waals surface area contributed by atoms with Crippen molar-refractivity contribution in [1.29, 1.82) is 0 Å². The van der Waals surface area contributed by atoms with Crippen molar-refractivity contribution in [1.82, 2.24) is 10.2 Å². The summed E-state index contributed by atoms with van der Waals surface area (Å²) in [6.45, 7) is 6.66. The summed E-state index contributed by atoms with van der Waals surface area (Å²) in [5.74, 6) is 2.09. The van der Waals surface area contributed by atoms with Gasteiger partial charge in [0.1, 0.15) is 0 Å². The molecule has 0 aromatic heterocycles. The maximum Gasteiger partial charge on any atom is 0.160 e. The third-order valence-corrected chi connectivity index (χ3v) is 5.89. The molecular formula is C24H34N2O2. The summed E-state index contributed by atoms with van der Waals surface area (Å²) in [6.07, 6.45) is 3.45. The Bertz CT molecular complexity index is 720. The van der Waals surface area contributed by atoms with E-state index in [0.717, 1.165) is 50.5 Å². The number of hydrogen-bond acceptors (Lipinski definition) is 4. The first kappa shape index (κ1) is 20.7. The Morgan fingerprint density at radius 3 is 2.57 bits per heavy atom.